The molecular formula is C25H28N2O3S. The number of hydrogen-bond acceptors (Lipinski definition) is 3. The first-order valence-electron chi connectivity index (χ1n) is 10.3. The summed E-state index contributed by atoms with van der Waals surface area (Å²) in [5.41, 5.74) is 3.02. The highest BCUT2D eigenvalue weighted by atomic mass is 32.2. The first-order valence-corrected chi connectivity index (χ1v) is 11.8. The van der Waals surface area contributed by atoms with Crippen molar-refractivity contribution in [3.8, 4) is 11.1 Å². The van der Waals surface area contributed by atoms with Crippen molar-refractivity contribution in [3.05, 3.63) is 90.0 Å². The number of hydrogen-bond donors (Lipinski definition) is 2. The Kier molecular flexibility index (Phi) is 6.93. The molecule has 2 N–H and O–H groups in total. The minimum Gasteiger partial charge on any atom is -0.347 e. The van der Waals surface area contributed by atoms with Gasteiger partial charge in [-0.2, -0.15) is 0 Å². The van der Waals surface area contributed by atoms with Gasteiger partial charge in [-0.3, -0.25) is 4.79 Å². The summed E-state index contributed by atoms with van der Waals surface area (Å²) in [5, 5.41) is 3.02. The second kappa shape index (κ2) is 9.45. The normalized spacial score (nSPS) is 11.8. The average Bonchev–Trinajstić information content (AvgIpc) is 2.78. The van der Waals surface area contributed by atoms with E-state index in [0.717, 1.165) is 23.1 Å². The summed E-state index contributed by atoms with van der Waals surface area (Å²) >= 11 is 0. The lowest BCUT2D eigenvalue weighted by molar-refractivity contribution is 0.0911. The van der Waals surface area contributed by atoms with Gasteiger partial charge in [0.15, 0.2) is 0 Å². The van der Waals surface area contributed by atoms with Crippen molar-refractivity contribution in [2.24, 2.45) is 0 Å². The van der Waals surface area contributed by atoms with Crippen LogP contribution in [0.1, 0.15) is 43.1 Å². The Morgan fingerprint density at radius 2 is 1.39 bits per heavy atom. The predicted molar refractivity (Wildman–Crippen MR) is 124 cm³/mol. The second-order valence-corrected chi connectivity index (χ2v) is 9.87. The highest BCUT2D eigenvalue weighted by Crippen LogP contribution is 2.22. The number of carbonyl (C=O) groups is 1. The van der Waals surface area contributed by atoms with Gasteiger partial charge in [-0.05, 0) is 61.2 Å². The third-order valence-electron chi connectivity index (χ3n) is 5.29. The number of sulfonamides is 1. The van der Waals surface area contributed by atoms with E-state index in [9.17, 15) is 13.2 Å². The van der Waals surface area contributed by atoms with Gasteiger partial charge in [0.05, 0.1) is 4.90 Å². The van der Waals surface area contributed by atoms with Gasteiger partial charge in [0, 0.05) is 17.6 Å². The number of benzene rings is 3. The largest absolute Gasteiger partial charge is 0.347 e. The van der Waals surface area contributed by atoms with Gasteiger partial charge in [-0.15, -0.1) is 0 Å². The highest BCUT2D eigenvalue weighted by Gasteiger charge is 2.19. The van der Waals surface area contributed by atoms with E-state index in [4.69, 9.17) is 0 Å². The molecule has 31 heavy (non-hydrogen) atoms. The van der Waals surface area contributed by atoms with Gasteiger partial charge >= 0.3 is 0 Å². The maximum Gasteiger partial charge on any atom is 0.251 e. The lowest BCUT2D eigenvalue weighted by Gasteiger charge is -2.24. The summed E-state index contributed by atoms with van der Waals surface area (Å²) in [6, 6.07) is 23.4. The lowest BCUT2D eigenvalue weighted by Crippen LogP contribution is -2.42. The van der Waals surface area contributed by atoms with Crippen LogP contribution in [0.15, 0.2) is 83.8 Å². The van der Waals surface area contributed by atoms with Crippen LogP contribution >= 0.6 is 0 Å². The standard InChI is InChI=1S/C25H28N2O3S/c1-4-25(2,3)27-24(28)22-12-10-20(11-13-22)21-14-16-23(17-15-21)31(29,30)26-18-19-8-6-5-7-9-19/h5-17,26H,4,18H2,1-3H3,(H,27,28). The monoisotopic (exact) mass is 436 g/mol. The van der Waals surface area contributed by atoms with E-state index in [1.165, 1.54) is 0 Å². The van der Waals surface area contributed by atoms with Crippen LogP contribution in [0.3, 0.4) is 0 Å². The van der Waals surface area contributed by atoms with Crippen LogP contribution in [-0.2, 0) is 16.6 Å². The molecule has 3 aromatic carbocycles. The molecule has 0 aliphatic carbocycles. The molecule has 0 bridgehead atoms. The fourth-order valence-corrected chi connectivity index (χ4v) is 3.98. The molecule has 0 spiro atoms. The Morgan fingerprint density at radius 1 is 0.839 bits per heavy atom. The SMILES string of the molecule is CCC(C)(C)NC(=O)c1ccc(-c2ccc(S(=O)(=O)NCc3ccccc3)cc2)cc1. The van der Waals surface area contributed by atoms with Crippen LogP contribution in [0.25, 0.3) is 11.1 Å². The molecule has 3 aromatic rings. The van der Waals surface area contributed by atoms with E-state index >= 15 is 0 Å². The van der Waals surface area contributed by atoms with Crippen LogP contribution in [0.2, 0.25) is 0 Å². The predicted octanol–water partition coefficient (Wildman–Crippen LogP) is 4.75. The summed E-state index contributed by atoms with van der Waals surface area (Å²) in [6.07, 6.45) is 0.840. The van der Waals surface area contributed by atoms with Crippen LogP contribution < -0.4 is 10.0 Å². The molecule has 0 saturated heterocycles. The van der Waals surface area contributed by atoms with Crippen molar-refractivity contribution in [3.63, 3.8) is 0 Å². The molecule has 0 aromatic heterocycles. The fourth-order valence-electron chi connectivity index (χ4n) is 2.97. The van der Waals surface area contributed by atoms with Crippen LogP contribution in [0, 0.1) is 0 Å². The third kappa shape index (κ3) is 6.03. The van der Waals surface area contributed by atoms with Crippen LogP contribution in [0.4, 0.5) is 0 Å². The molecule has 6 heteroatoms. The number of nitrogens with one attached hydrogen (secondary N) is 2. The zero-order valence-electron chi connectivity index (χ0n) is 18.1. The summed E-state index contributed by atoms with van der Waals surface area (Å²) in [5.74, 6) is -0.107. The molecule has 0 saturated carbocycles. The molecule has 0 aliphatic rings. The maximum atomic E-state index is 12.6. The zero-order valence-corrected chi connectivity index (χ0v) is 18.9. The van der Waals surface area contributed by atoms with E-state index < -0.39 is 10.0 Å². The molecule has 0 fully saturated rings. The molecule has 0 heterocycles. The minimum absolute atomic E-state index is 0.107. The molecule has 162 valence electrons. The Bertz CT molecular complexity index is 1120. The lowest BCUT2D eigenvalue weighted by atomic mass is 10.0. The van der Waals surface area contributed by atoms with Crippen molar-refractivity contribution in [2.75, 3.05) is 0 Å². The smallest absolute Gasteiger partial charge is 0.251 e. The molecular weight excluding hydrogens is 408 g/mol. The Hall–Kier alpha value is -2.96. The van der Waals surface area contributed by atoms with Gasteiger partial charge < -0.3 is 5.32 Å². The second-order valence-electron chi connectivity index (χ2n) is 8.10. The number of carbonyl (C=O) groups excluding carboxylic acids is 1. The summed E-state index contributed by atoms with van der Waals surface area (Å²) in [7, 11) is -3.60. The van der Waals surface area contributed by atoms with E-state index in [0.29, 0.717) is 5.56 Å². The van der Waals surface area contributed by atoms with Gasteiger partial charge in [0.25, 0.3) is 5.91 Å². The van der Waals surface area contributed by atoms with Crippen molar-refractivity contribution < 1.29 is 13.2 Å². The minimum atomic E-state index is -3.60. The van der Waals surface area contributed by atoms with Gasteiger partial charge in [-0.1, -0.05) is 61.5 Å². The van der Waals surface area contributed by atoms with Crippen LogP contribution in [0.5, 0.6) is 0 Å². The van der Waals surface area contributed by atoms with Gasteiger partial charge in [0.1, 0.15) is 0 Å². The van der Waals surface area contributed by atoms with Crippen molar-refractivity contribution in [1.82, 2.24) is 10.0 Å². The highest BCUT2D eigenvalue weighted by molar-refractivity contribution is 7.89. The Balaban J connectivity index is 1.69. The Morgan fingerprint density at radius 3 is 1.94 bits per heavy atom. The molecule has 0 unspecified atom stereocenters. The van der Waals surface area contributed by atoms with Crippen molar-refractivity contribution in [2.45, 2.75) is 44.2 Å². The van der Waals surface area contributed by atoms with E-state index in [1.807, 2.05) is 63.2 Å². The van der Waals surface area contributed by atoms with Crippen molar-refractivity contribution in [1.29, 1.82) is 0 Å². The first kappa shape index (κ1) is 22.7. The zero-order chi connectivity index (χ0) is 22.5. The average molecular weight is 437 g/mol. The quantitative estimate of drug-likeness (QED) is 0.535. The van der Waals surface area contributed by atoms with Crippen molar-refractivity contribution >= 4 is 15.9 Å². The molecule has 0 aliphatic heterocycles. The maximum absolute atomic E-state index is 12.6. The third-order valence-corrected chi connectivity index (χ3v) is 6.71. The Labute approximate surface area is 184 Å². The van der Waals surface area contributed by atoms with E-state index in [1.54, 1.807) is 36.4 Å². The van der Waals surface area contributed by atoms with E-state index in [-0.39, 0.29) is 22.9 Å². The number of amides is 1. The van der Waals surface area contributed by atoms with E-state index in [2.05, 4.69) is 10.0 Å². The first-order chi connectivity index (χ1) is 14.7. The number of rotatable bonds is 8. The van der Waals surface area contributed by atoms with Crippen LogP contribution in [-0.4, -0.2) is 19.9 Å². The molecule has 0 radical (unpaired) electrons. The molecule has 0 atom stereocenters. The topological polar surface area (TPSA) is 75.3 Å². The van der Waals surface area contributed by atoms with Gasteiger partial charge in [-0.25, -0.2) is 13.1 Å². The summed E-state index contributed by atoms with van der Waals surface area (Å²) in [4.78, 5) is 12.6. The fraction of sp³-hybridized carbons (Fsp3) is 0.240. The van der Waals surface area contributed by atoms with Gasteiger partial charge in [0.2, 0.25) is 10.0 Å². The summed E-state index contributed by atoms with van der Waals surface area (Å²) < 4.78 is 27.7. The molecule has 3 rings (SSSR count). The molecule has 1 amide bonds. The summed E-state index contributed by atoms with van der Waals surface area (Å²) in [6.45, 7) is 6.25. The molecule has 5 nitrogen and oxygen atoms in total.